The largest absolute Gasteiger partial charge is 0.324 e. The Hall–Kier alpha value is -1.62. The molecule has 1 aromatic heterocycles. The Labute approximate surface area is 132 Å². The van der Waals surface area contributed by atoms with Crippen molar-refractivity contribution in [2.24, 2.45) is 5.92 Å². The number of anilines is 1. The number of aromatic nitrogens is 1. The van der Waals surface area contributed by atoms with Crippen LogP contribution in [0.3, 0.4) is 0 Å². The lowest BCUT2D eigenvalue weighted by Crippen LogP contribution is -2.37. The average Bonchev–Trinajstić information content (AvgIpc) is 2.97. The van der Waals surface area contributed by atoms with E-state index in [1.165, 1.54) is 32.4 Å². The molecule has 1 atom stereocenters. The van der Waals surface area contributed by atoms with Gasteiger partial charge >= 0.3 is 6.03 Å². The van der Waals surface area contributed by atoms with Crippen molar-refractivity contribution < 1.29 is 4.79 Å². The number of carbonyl (C=O) groups excluding carboxylic acids is 1. The van der Waals surface area contributed by atoms with E-state index in [0.717, 1.165) is 37.3 Å². The molecule has 2 amide bonds. The van der Waals surface area contributed by atoms with Crippen molar-refractivity contribution in [1.82, 2.24) is 14.8 Å². The third-order valence-electron chi connectivity index (χ3n) is 4.66. The number of pyridine rings is 1. The molecule has 5 heteroatoms. The molecule has 2 fully saturated rings. The average molecular weight is 302 g/mol. The minimum absolute atomic E-state index is 0.00791. The molecule has 120 valence electrons. The van der Waals surface area contributed by atoms with Crippen LogP contribution in [0.25, 0.3) is 0 Å². The van der Waals surface area contributed by atoms with Crippen LogP contribution in [0.5, 0.6) is 0 Å². The van der Waals surface area contributed by atoms with Crippen LogP contribution in [0.4, 0.5) is 10.5 Å². The number of aryl methyl sites for hydroxylation is 1. The van der Waals surface area contributed by atoms with Crippen molar-refractivity contribution in [2.45, 2.75) is 32.6 Å². The first kappa shape index (κ1) is 15.3. The van der Waals surface area contributed by atoms with Gasteiger partial charge in [0, 0.05) is 25.8 Å². The van der Waals surface area contributed by atoms with Crippen molar-refractivity contribution in [3.8, 4) is 0 Å². The predicted octanol–water partition coefficient (Wildman–Crippen LogP) is 2.73. The van der Waals surface area contributed by atoms with Gasteiger partial charge in [0.15, 0.2) is 0 Å². The van der Waals surface area contributed by atoms with Gasteiger partial charge < -0.3 is 15.1 Å². The highest BCUT2D eigenvalue weighted by Gasteiger charge is 2.28. The van der Waals surface area contributed by atoms with Gasteiger partial charge in [-0.2, -0.15) is 0 Å². The SMILES string of the molecule is Cc1cncc(NC(=O)N2CC[C@@H](CN3CCCCC3)C2)c1. The molecule has 0 bridgehead atoms. The maximum absolute atomic E-state index is 12.3. The normalized spacial score (nSPS) is 22.8. The Morgan fingerprint density at radius 3 is 2.86 bits per heavy atom. The second-order valence-electron chi connectivity index (χ2n) is 6.64. The van der Waals surface area contributed by atoms with E-state index in [1.807, 2.05) is 17.9 Å². The number of rotatable bonds is 3. The number of amides is 2. The van der Waals surface area contributed by atoms with Crippen molar-refractivity contribution in [3.63, 3.8) is 0 Å². The number of hydrogen-bond donors (Lipinski definition) is 1. The minimum Gasteiger partial charge on any atom is -0.324 e. The van der Waals surface area contributed by atoms with Crippen LogP contribution in [-0.4, -0.2) is 53.5 Å². The quantitative estimate of drug-likeness (QED) is 0.934. The summed E-state index contributed by atoms with van der Waals surface area (Å²) in [6, 6.07) is 1.96. The summed E-state index contributed by atoms with van der Waals surface area (Å²) in [5, 5.41) is 2.96. The lowest BCUT2D eigenvalue weighted by molar-refractivity contribution is 0.192. The van der Waals surface area contributed by atoms with E-state index >= 15 is 0 Å². The molecule has 2 aliphatic heterocycles. The molecule has 3 heterocycles. The van der Waals surface area contributed by atoms with Crippen LogP contribution >= 0.6 is 0 Å². The minimum atomic E-state index is 0.00791. The third-order valence-corrected chi connectivity index (χ3v) is 4.66. The number of piperidine rings is 1. The van der Waals surface area contributed by atoms with Crippen LogP contribution in [0.15, 0.2) is 18.5 Å². The maximum Gasteiger partial charge on any atom is 0.321 e. The van der Waals surface area contributed by atoms with Gasteiger partial charge in [-0.3, -0.25) is 4.98 Å². The number of hydrogen-bond acceptors (Lipinski definition) is 3. The Morgan fingerprint density at radius 1 is 1.27 bits per heavy atom. The zero-order valence-corrected chi connectivity index (χ0v) is 13.4. The lowest BCUT2D eigenvalue weighted by Gasteiger charge is -2.29. The summed E-state index contributed by atoms with van der Waals surface area (Å²) in [6.07, 6.45) is 8.65. The summed E-state index contributed by atoms with van der Waals surface area (Å²) >= 11 is 0. The molecule has 2 saturated heterocycles. The molecule has 22 heavy (non-hydrogen) atoms. The Bertz CT molecular complexity index is 513. The van der Waals surface area contributed by atoms with E-state index in [1.54, 1.807) is 12.4 Å². The molecule has 0 spiro atoms. The van der Waals surface area contributed by atoms with Crippen LogP contribution in [0.2, 0.25) is 0 Å². The zero-order chi connectivity index (χ0) is 15.4. The van der Waals surface area contributed by atoms with E-state index < -0.39 is 0 Å². The first-order chi connectivity index (χ1) is 10.7. The van der Waals surface area contributed by atoms with E-state index in [4.69, 9.17) is 0 Å². The Kier molecular flexibility index (Phi) is 4.93. The fourth-order valence-corrected chi connectivity index (χ4v) is 3.50. The molecule has 0 aromatic carbocycles. The van der Waals surface area contributed by atoms with Gasteiger partial charge in [0.25, 0.3) is 0 Å². The highest BCUT2D eigenvalue weighted by atomic mass is 16.2. The zero-order valence-electron chi connectivity index (χ0n) is 13.4. The van der Waals surface area contributed by atoms with Gasteiger partial charge in [-0.15, -0.1) is 0 Å². The van der Waals surface area contributed by atoms with Crippen LogP contribution < -0.4 is 5.32 Å². The van der Waals surface area contributed by atoms with Crippen LogP contribution in [0.1, 0.15) is 31.2 Å². The van der Waals surface area contributed by atoms with Crippen molar-refractivity contribution >= 4 is 11.7 Å². The van der Waals surface area contributed by atoms with Gasteiger partial charge in [0.2, 0.25) is 0 Å². The van der Waals surface area contributed by atoms with Crippen molar-refractivity contribution in [1.29, 1.82) is 0 Å². The lowest BCUT2D eigenvalue weighted by atomic mass is 10.1. The summed E-state index contributed by atoms with van der Waals surface area (Å²) in [6.45, 7) is 7.34. The highest BCUT2D eigenvalue weighted by Crippen LogP contribution is 2.20. The molecule has 1 aromatic rings. The number of urea groups is 1. The summed E-state index contributed by atoms with van der Waals surface area (Å²) in [7, 11) is 0. The van der Waals surface area contributed by atoms with E-state index in [0.29, 0.717) is 5.92 Å². The summed E-state index contributed by atoms with van der Waals surface area (Å²) in [4.78, 5) is 21.0. The highest BCUT2D eigenvalue weighted by molar-refractivity contribution is 5.89. The second kappa shape index (κ2) is 7.09. The Morgan fingerprint density at radius 2 is 2.09 bits per heavy atom. The molecule has 0 unspecified atom stereocenters. The molecule has 1 N–H and O–H groups in total. The molecule has 0 aliphatic carbocycles. The summed E-state index contributed by atoms with van der Waals surface area (Å²) in [5.74, 6) is 0.625. The number of carbonyl (C=O) groups is 1. The van der Waals surface area contributed by atoms with E-state index in [2.05, 4.69) is 15.2 Å². The fraction of sp³-hybridized carbons (Fsp3) is 0.647. The first-order valence-corrected chi connectivity index (χ1v) is 8.40. The number of likely N-dealkylation sites (tertiary alicyclic amines) is 2. The van der Waals surface area contributed by atoms with Crippen LogP contribution in [-0.2, 0) is 0 Å². The first-order valence-electron chi connectivity index (χ1n) is 8.40. The number of nitrogens with one attached hydrogen (secondary N) is 1. The Balaban J connectivity index is 1.48. The molecular formula is C17H26N4O. The smallest absolute Gasteiger partial charge is 0.321 e. The van der Waals surface area contributed by atoms with Gasteiger partial charge in [-0.1, -0.05) is 6.42 Å². The molecule has 3 rings (SSSR count). The monoisotopic (exact) mass is 302 g/mol. The molecular weight excluding hydrogens is 276 g/mol. The fourth-order valence-electron chi connectivity index (χ4n) is 3.50. The van der Waals surface area contributed by atoms with Gasteiger partial charge in [0.05, 0.1) is 11.9 Å². The molecule has 0 saturated carbocycles. The third kappa shape index (κ3) is 3.97. The van der Waals surface area contributed by atoms with Crippen LogP contribution in [0, 0.1) is 12.8 Å². The second-order valence-corrected chi connectivity index (χ2v) is 6.64. The number of nitrogens with zero attached hydrogens (tertiary/aromatic N) is 3. The molecule has 2 aliphatic rings. The predicted molar refractivity (Wildman–Crippen MR) is 88.0 cm³/mol. The molecule has 0 radical (unpaired) electrons. The van der Waals surface area contributed by atoms with Crippen molar-refractivity contribution in [2.75, 3.05) is 38.0 Å². The topological polar surface area (TPSA) is 48.5 Å². The van der Waals surface area contributed by atoms with E-state index in [-0.39, 0.29) is 6.03 Å². The van der Waals surface area contributed by atoms with Gasteiger partial charge in [-0.25, -0.2) is 4.79 Å². The van der Waals surface area contributed by atoms with Gasteiger partial charge in [-0.05, 0) is 56.8 Å². The van der Waals surface area contributed by atoms with Crippen molar-refractivity contribution in [3.05, 3.63) is 24.0 Å². The summed E-state index contributed by atoms with van der Waals surface area (Å²) in [5.41, 5.74) is 1.84. The van der Waals surface area contributed by atoms with Gasteiger partial charge in [0.1, 0.15) is 0 Å². The summed E-state index contributed by atoms with van der Waals surface area (Å²) < 4.78 is 0. The maximum atomic E-state index is 12.3. The van der Waals surface area contributed by atoms with E-state index in [9.17, 15) is 4.79 Å². The molecule has 5 nitrogen and oxygen atoms in total. The standard InChI is InChI=1S/C17H26N4O/c1-14-9-16(11-18-10-14)19-17(22)21-8-5-15(13-21)12-20-6-3-2-4-7-20/h9-11,15H,2-8,12-13H2,1H3,(H,19,22)/t15-/m0/s1.